The number of anilines is 1. The van der Waals surface area contributed by atoms with Crippen molar-refractivity contribution in [1.82, 2.24) is 4.98 Å². The Hall–Kier alpha value is -2.10. The predicted octanol–water partition coefficient (Wildman–Crippen LogP) is 4.56. The summed E-state index contributed by atoms with van der Waals surface area (Å²) in [6.45, 7) is 8.40. The Kier molecular flexibility index (Phi) is 4.00. The molecule has 2 N–H and O–H groups in total. The highest BCUT2D eigenvalue weighted by molar-refractivity contribution is 6.03. The number of amides is 1. The van der Waals surface area contributed by atoms with Crippen molar-refractivity contribution in [2.24, 2.45) is 0 Å². The van der Waals surface area contributed by atoms with Crippen LogP contribution in [0.3, 0.4) is 0 Å². The van der Waals surface area contributed by atoms with Crippen LogP contribution in [0, 0.1) is 19.7 Å². The zero-order valence-corrected chi connectivity index (χ0v) is 14.1. The molecular weight excluding hydrogens is 291 g/mol. The molecule has 0 fully saturated rings. The number of aromatic nitrogens is 1. The first-order valence-corrected chi connectivity index (χ1v) is 8.26. The van der Waals surface area contributed by atoms with Gasteiger partial charge in [-0.2, -0.15) is 0 Å². The van der Waals surface area contributed by atoms with Crippen LogP contribution in [0.5, 0.6) is 0 Å². The molecule has 2 atom stereocenters. The summed E-state index contributed by atoms with van der Waals surface area (Å²) in [5.74, 6) is -0.653. The van der Waals surface area contributed by atoms with E-state index >= 15 is 0 Å². The van der Waals surface area contributed by atoms with Gasteiger partial charge in [0, 0.05) is 23.0 Å². The third-order valence-electron chi connectivity index (χ3n) is 5.09. The second-order valence-corrected chi connectivity index (χ2v) is 6.33. The van der Waals surface area contributed by atoms with Gasteiger partial charge in [-0.15, -0.1) is 0 Å². The molecule has 3 rings (SSSR count). The molecule has 3 nitrogen and oxygen atoms in total. The number of H-pyrrole nitrogens is 1. The first-order chi connectivity index (χ1) is 11.0. The smallest absolute Gasteiger partial charge is 0.232 e. The van der Waals surface area contributed by atoms with E-state index in [9.17, 15) is 9.18 Å². The molecule has 2 unspecified atom stereocenters. The Morgan fingerprint density at radius 2 is 2.00 bits per heavy atom. The molecule has 4 heteroatoms. The fraction of sp³-hybridized carbons (Fsp3) is 0.421. The van der Waals surface area contributed by atoms with E-state index in [2.05, 4.69) is 38.0 Å². The van der Waals surface area contributed by atoms with Crippen molar-refractivity contribution in [3.05, 3.63) is 52.1 Å². The van der Waals surface area contributed by atoms with Gasteiger partial charge < -0.3 is 10.3 Å². The van der Waals surface area contributed by atoms with Gasteiger partial charge in [-0.1, -0.05) is 13.8 Å². The molecule has 0 spiro atoms. The van der Waals surface area contributed by atoms with Crippen molar-refractivity contribution in [2.45, 2.75) is 52.4 Å². The number of aryl methyl sites for hydroxylation is 1. The average molecular weight is 314 g/mol. The minimum atomic E-state index is -0.341. The van der Waals surface area contributed by atoms with E-state index in [0.29, 0.717) is 0 Å². The zero-order chi connectivity index (χ0) is 16.7. The molecule has 0 bridgehead atoms. The lowest BCUT2D eigenvalue weighted by Gasteiger charge is -2.21. The van der Waals surface area contributed by atoms with Gasteiger partial charge in [-0.05, 0) is 61.6 Å². The fourth-order valence-electron chi connectivity index (χ4n) is 3.98. The Labute approximate surface area is 136 Å². The summed E-state index contributed by atoms with van der Waals surface area (Å²) in [5.41, 5.74) is 6.32. The first kappa shape index (κ1) is 15.8. The largest absolute Gasteiger partial charge is 0.362 e. The van der Waals surface area contributed by atoms with E-state index in [-0.39, 0.29) is 23.6 Å². The number of carbonyl (C=O) groups is 1. The molecule has 1 aromatic heterocycles. The molecule has 1 amide bonds. The number of hydrogen-bond acceptors (Lipinski definition) is 1. The van der Waals surface area contributed by atoms with Gasteiger partial charge in [0.1, 0.15) is 5.82 Å². The van der Waals surface area contributed by atoms with Crippen molar-refractivity contribution in [1.29, 1.82) is 0 Å². The third-order valence-corrected chi connectivity index (χ3v) is 5.09. The van der Waals surface area contributed by atoms with Gasteiger partial charge in [0.2, 0.25) is 5.91 Å². The van der Waals surface area contributed by atoms with Gasteiger partial charge in [-0.25, -0.2) is 4.39 Å². The number of benzene rings is 1. The topological polar surface area (TPSA) is 44.9 Å². The lowest BCUT2D eigenvalue weighted by atomic mass is 9.81. The van der Waals surface area contributed by atoms with E-state index in [1.807, 2.05) is 0 Å². The van der Waals surface area contributed by atoms with Crippen LogP contribution in [0.1, 0.15) is 60.2 Å². The van der Waals surface area contributed by atoms with Crippen LogP contribution in [0.25, 0.3) is 0 Å². The molecule has 122 valence electrons. The number of fused-ring (bicyclic) bond motifs is 1. The van der Waals surface area contributed by atoms with Gasteiger partial charge in [0.05, 0.1) is 5.92 Å². The minimum absolute atomic E-state index is 0.0250. The monoisotopic (exact) mass is 314 g/mol. The van der Waals surface area contributed by atoms with Gasteiger partial charge >= 0.3 is 0 Å². The highest BCUT2D eigenvalue weighted by atomic mass is 19.1. The normalized spacial score (nSPS) is 18.0. The number of halogens is 1. The molecule has 0 saturated heterocycles. The van der Waals surface area contributed by atoms with Crippen molar-refractivity contribution in [3.8, 4) is 0 Å². The van der Waals surface area contributed by atoms with Crippen molar-refractivity contribution < 1.29 is 9.18 Å². The summed E-state index contributed by atoms with van der Waals surface area (Å²) in [6, 6.07) is 4.54. The maximum absolute atomic E-state index is 13.7. The summed E-state index contributed by atoms with van der Waals surface area (Å²) in [7, 11) is 0. The summed E-state index contributed by atoms with van der Waals surface area (Å²) >= 11 is 0. The van der Waals surface area contributed by atoms with Crippen LogP contribution in [0.4, 0.5) is 10.1 Å². The summed E-state index contributed by atoms with van der Waals surface area (Å²) in [4.78, 5) is 16.0. The van der Waals surface area contributed by atoms with Crippen LogP contribution in [-0.2, 0) is 11.2 Å². The number of hydrogen-bond donors (Lipinski definition) is 2. The Bertz CT molecular complexity index is 763. The van der Waals surface area contributed by atoms with Crippen molar-refractivity contribution >= 4 is 11.6 Å². The summed E-state index contributed by atoms with van der Waals surface area (Å²) in [5, 5.41) is 2.89. The van der Waals surface area contributed by atoms with E-state index < -0.39 is 0 Å². The lowest BCUT2D eigenvalue weighted by molar-refractivity contribution is -0.117. The molecule has 1 aromatic carbocycles. The highest BCUT2D eigenvalue weighted by Gasteiger charge is 2.38. The third kappa shape index (κ3) is 2.46. The predicted molar refractivity (Wildman–Crippen MR) is 90.4 cm³/mol. The van der Waals surface area contributed by atoms with Gasteiger partial charge in [0.15, 0.2) is 0 Å². The quantitative estimate of drug-likeness (QED) is 0.853. The standard InChI is InChI=1S/C19H23FN2O/c1-5-13-10(3)18(21-11(13)4)14(6-2)17-15-9-12(20)7-8-16(15)22-19(17)23/h7-9,14,17,21H,5-6H2,1-4H3,(H,22,23). The van der Waals surface area contributed by atoms with E-state index in [1.54, 1.807) is 6.07 Å². The fourth-order valence-corrected chi connectivity index (χ4v) is 3.98. The second-order valence-electron chi connectivity index (χ2n) is 6.33. The molecule has 2 aromatic rings. The average Bonchev–Trinajstić information content (AvgIpc) is 2.98. The zero-order valence-electron chi connectivity index (χ0n) is 14.1. The first-order valence-electron chi connectivity index (χ1n) is 8.26. The maximum atomic E-state index is 13.7. The summed E-state index contributed by atoms with van der Waals surface area (Å²) < 4.78 is 13.7. The Balaban J connectivity index is 2.09. The maximum Gasteiger partial charge on any atom is 0.232 e. The van der Waals surface area contributed by atoms with Crippen LogP contribution in [-0.4, -0.2) is 10.9 Å². The Morgan fingerprint density at radius 3 is 2.61 bits per heavy atom. The number of carbonyl (C=O) groups excluding carboxylic acids is 1. The van der Waals surface area contributed by atoms with E-state index in [0.717, 1.165) is 35.5 Å². The van der Waals surface area contributed by atoms with Crippen LogP contribution < -0.4 is 5.32 Å². The van der Waals surface area contributed by atoms with E-state index in [4.69, 9.17) is 0 Å². The minimum Gasteiger partial charge on any atom is -0.362 e. The van der Waals surface area contributed by atoms with Crippen LogP contribution >= 0.6 is 0 Å². The van der Waals surface area contributed by atoms with E-state index in [1.165, 1.54) is 23.3 Å². The van der Waals surface area contributed by atoms with Gasteiger partial charge in [-0.3, -0.25) is 4.79 Å². The highest BCUT2D eigenvalue weighted by Crippen LogP contribution is 2.44. The van der Waals surface area contributed by atoms with Crippen molar-refractivity contribution in [3.63, 3.8) is 0 Å². The molecule has 2 heterocycles. The molecule has 0 saturated carbocycles. The SMILES string of the molecule is CCc1c(C)[nH]c(C(CC)C2C(=O)Nc3ccc(F)cc32)c1C. The molecule has 1 aliphatic rings. The molecular formula is C19H23FN2O. The van der Waals surface area contributed by atoms with Crippen LogP contribution in [0.2, 0.25) is 0 Å². The molecule has 1 aliphatic heterocycles. The lowest BCUT2D eigenvalue weighted by Crippen LogP contribution is -2.20. The molecule has 0 radical (unpaired) electrons. The van der Waals surface area contributed by atoms with Crippen molar-refractivity contribution in [2.75, 3.05) is 5.32 Å². The molecule has 0 aliphatic carbocycles. The second kappa shape index (κ2) is 5.84. The number of rotatable bonds is 4. The number of nitrogens with one attached hydrogen (secondary N) is 2. The Morgan fingerprint density at radius 1 is 1.26 bits per heavy atom. The summed E-state index contributed by atoms with van der Waals surface area (Å²) in [6.07, 6.45) is 1.78. The molecule has 23 heavy (non-hydrogen) atoms. The van der Waals surface area contributed by atoms with Gasteiger partial charge in [0.25, 0.3) is 0 Å². The van der Waals surface area contributed by atoms with Crippen LogP contribution in [0.15, 0.2) is 18.2 Å². The number of aromatic amines is 1.